The van der Waals surface area contributed by atoms with E-state index in [0.29, 0.717) is 5.57 Å². The molecule has 1 amide bonds. The van der Waals surface area contributed by atoms with Gasteiger partial charge in [-0.1, -0.05) is 36.4 Å². The van der Waals surface area contributed by atoms with E-state index < -0.39 is 0 Å². The molecule has 0 fully saturated rings. The fraction of sp³-hybridized carbons (Fsp3) is 0.118. The van der Waals surface area contributed by atoms with Gasteiger partial charge in [-0.3, -0.25) is 4.79 Å². The molecule has 0 atom stereocenters. The SMILES string of the molecule is COc1ccc2c(c1)C(=CCc1ccccc1)C(=O)N2. The summed E-state index contributed by atoms with van der Waals surface area (Å²) >= 11 is 0. The van der Waals surface area contributed by atoms with E-state index in [9.17, 15) is 4.79 Å². The highest BCUT2D eigenvalue weighted by Crippen LogP contribution is 2.34. The van der Waals surface area contributed by atoms with Crippen LogP contribution in [0.1, 0.15) is 11.1 Å². The van der Waals surface area contributed by atoms with Crippen LogP contribution in [0.3, 0.4) is 0 Å². The van der Waals surface area contributed by atoms with Crippen LogP contribution < -0.4 is 10.1 Å². The first-order valence-corrected chi connectivity index (χ1v) is 6.52. The summed E-state index contributed by atoms with van der Waals surface area (Å²) in [6, 6.07) is 15.7. The maximum Gasteiger partial charge on any atom is 0.256 e. The summed E-state index contributed by atoms with van der Waals surface area (Å²) in [5.74, 6) is 0.704. The van der Waals surface area contributed by atoms with Crippen molar-refractivity contribution in [2.24, 2.45) is 0 Å². The highest BCUT2D eigenvalue weighted by Gasteiger charge is 2.24. The number of benzene rings is 2. The predicted molar refractivity (Wildman–Crippen MR) is 79.7 cm³/mol. The number of ether oxygens (including phenoxy) is 1. The molecule has 1 aliphatic rings. The van der Waals surface area contributed by atoms with Crippen LogP contribution in [-0.4, -0.2) is 13.0 Å². The third-order valence-electron chi connectivity index (χ3n) is 3.39. The Balaban J connectivity index is 1.93. The molecule has 1 aliphatic heterocycles. The molecule has 1 N–H and O–H groups in total. The fourth-order valence-electron chi connectivity index (χ4n) is 2.33. The minimum Gasteiger partial charge on any atom is -0.497 e. The highest BCUT2D eigenvalue weighted by molar-refractivity contribution is 6.31. The van der Waals surface area contributed by atoms with Gasteiger partial charge in [0.2, 0.25) is 0 Å². The molecule has 0 saturated heterocycles. The Labute approximate surface area is 117 Å². The molecular formula is C17H15NO2. The number of hydrogen-bond donors (Lipinski definition) is 1. The molecule has 2 aromatic rings. The zero-order chi connectivity index (χ0) is 13.9. The predicted octanol–water partition coefficient (Wildman–Crippen LogP) is 3.27. The van der Waals surface area contributed by atoms with Crippen LogP contribution in [0, 0.1) is 0 Å². The van der Waals surface area contributed by atoms with Crippen LogP contribution in [0.25, 0.3) is 5.57 Å². The topological polar surface area (TPSA) is 38.3 Å². The molecule has 0 radical (unpaired) electrons. The van der Waals surface area contributed by atoms with Gasteiger partial charge in [0.15, 0.2) is 0 Å². The van der Waals surface area contributed by atoms with Gasteiger partial charge in [-0.25, -0.2) is 0 Å². The van der Waals surface area contributed by atoms with Gasteiger partial charge in [0, 0.05) is 16.8 Å². The number of methoxy groups -OCH3 is 1. The first-order chi connectivity index (χ1) is 9.78. The number of anilines is 1. The van der Waals surface area contributed by atoms with E-state index in [-0.39, 0.29) is 5.91 Å². The van der Waals surface area contributed by atoms with Gasteiger partial charge in [0.1, 0.15) is 5.75 Å². The van der Waals surface area contributed by atoms with Crippen molar-refractivity contribution in [3.63, 3.8) is 0 Å². The number of nitrogens with one attached hydrogen (secondary N) is 1. The summed E-state index contributed by atoms with van der Waals surface area (Å²) in [5.41, 5.74) is 3.65. The fourth-order valence-corrected chi connectivity index (χ4v) is 2.33. The second kappa shape index (κ2) is 5.21. The third kappa shape index (κ3) is 2.30. The maximum absolute atomic E-state index is 12.0. The summed E-state index contributed by atoms with van der Waals surface area (Å²) < 4.78 is 5.22. The summed E-state index contributed by atoms with van der Waals surface area (Å²) in [7, 11) is 1.62. The van der Waals surface area contributed by atoms with Crippen molar-refractivity contribution in [1.82, 2.24) is 0 Å². The van der Waals surface area contributed by atoms with E-state index >= 15 is 0 Å². The van der Waals surface area contributed by atoms with Crippen molar-refractivity contribution in [3.8, 4) is 5.75 Å². The molecule has 3 nitrogen and oxygen atoms in total. The number of carbonyl (C=O) groups is 1. The van der Waals surface area contributed by atoms with Crippen LogP contribution >= 0.6 is 0 Å². The normalized spacial score (nSPS) is 15.1. The van der Waals surface area contributed by atoms with Crippen LogP contribution in [0.5, 0.6) is 5.75 Å². The van der Waals surface area contributed by atoms with Gasteiger partial charge in [-0.15, -0.1) is 0 Å². The molecule has 0 aliphatic carbocycles. The summed E-state index contributed by atoms with van der Waals surface area (Å²) in [6.07, 6.45) is 2.70. The van der Waals surface area contributed by atoms with Crippen molar-refractivity contribution in [1.29, 1.82) is 0 Å². The second-order valence-corrected chi connectivity index (χ2v) is 4.67. The lowest BCUT2D eigenvalue weighted by atomic mass is 10.0. The number of allylic oxidation sites excluding steroid dienone is 1. The van der Waals surface area contributed by atoms with Crippen molar-refractivity contribution < 1.29 is 9.53 Å². The molecule has 20 heavy (non-hydrogen) atoms. The van der Waals surface area contributed by atoms with Gasteiger partial charge in [-0.2, -0.15) is 0 Å². The Morgan fingerprint density at radius 2 is 1.95 bits per heavy atom. The van der Waals surface area contributed by atoms with Crippen LogP contribution in [0.15, 0.2) is 54.6 Å². The molecule has 2 aromatic carbocycles. The zero-order valence-electron chi connectivity index (χ0n) is 11.2. The lowest BCUT2D eigenvalue weighted by Crippen LogP contribution is -2.03. The molecule has 3 heteroatoms. The minimum atomic E-state index is -0.0517. The lowest BCUT2D eigenvalue weighted by molar-refractivity contribution is -0.110. The Morgan fingerprint density at radius 1 is 1.15 bits per heavy atom. The molecule has 0 spiro atoms. The Bertz CT molecular complexity index is 675. The van der Waals surface area contributed by atoms with Crippen molar-refractivity contribution in [2.45, 2.75) is 6.42 Å². The number of rotatable bonds is 3. The molecule has 0 unspecified atom stereocenters. The number of hydrogen-bond acceptors (Lipinski definition) is 2. The quantitative estimate of drug-likeness (QED) is 0.865. The van der Waals surface area contributed by atoms with E-state index in [1.54, 1.807) is 7.11 Å². The van der Waals surface area contributed by atoms with Crippen LogP contribution in [0.2, 0.25) is 0 Å². The standard InChI is InChI=1S/C17H15NO2/c1-20-13-8-10-16-15(11-13)14(17(19)18-16)9-7-12-5-3-2-4-6-12/h2-6,8-11H,7H2,1H3,(H,18,19). The Kier molecular flexibility index (Phi) is 3.25. The number of carbonyl (C=O) groups excluding carboxylic acids is 1. The third-order valence-corrected chi connectivity index (χ3v) is 3.39. The summed E-state index contributed by atoms with van der Waals surface area (Å²) in [5, 5.41) is 2.87. The molecule has 1 heterocycles. The average Bonchev–Trinajstić information content (AvgIpc) is 2.80. The molecule has 100 valence electrons. The van der Waals surface area contributed by atoms with Gasteiger partial charge in [0.05, 0.1) is 7.11 Å². The van der Waals surface area contributed by atoms with Gasteiger partial charge >= 0.3 is 0 Å². The van der Waals surface area contributed by atoms with Crippen LogP contribution in [0.4, 0.5) is 5.69 Å². The monoisotopic (exact) mass is 265 g/mol. The maximum atomic E-state index is 12.0. The van der Waals surface area contributed by atoms with Gasteiger partial charge in [0.25, 0.3) is 5.91 Å². The first-order valence-electron chi connectivity index (χ1n) is 6.52. The zero-order valence-corrected chi connectivity index (χ0v) is 11.2. The van der Waals surface area contributed by atoms with E-state index in [4.69, 9.17) is 4.74 Å². The van der Waals surface area contributed by atoms with Gasteiger partial charge in [-0.05, 0) is 30.2 Å². The number of amides is 1. The van der Waals surface area contributed by atoms with Gasteiger partial charge < -0.3 is 10.1 Å². The lowest BCUT2D eigenvalue weighted by Gasteiger charge is -2.03. The average molecular weight is 265 g/mol. The van der Waals surface area contributed by atoms with E-state index in [0.717, 1.165) is 23.4 Å². The van der Waals surface area contributed by atoms with E-state index in [1.165, 1.54) is 5.56 Å². The second-order valence-electron chi connectivity index (χ2n) is 4.67. The van der Waals surface area contributed by atoms with Crippen molar-refractivity contribution in [2.75, 3.05) is 12.4 Å². The molecular weight excluding hydrogens is 250 g/mol. The minimum absolute atomic E-state index is 0.0517. The highest BCUT2D eigenvalue weighted by atomic mass is 16.5. The van der Waals surface area contributed by atoms with E-state index in [2.05, 4.69) is 17.4 Å². The summed E-state index contributed by atoms with van der Waals surface area (Å²) in [4.78, 5) is 12.0. The van der Waals surface area contributed by atoms with E-state index in [1.807, 2.05) is 42.5 Å². The molecule has 0 bridgehead atoms. The van der Waals surface area contributed by atoms with Crippen molar-refractivity contribution in [3.05, 3.63) is 65.7 Å². The smallest absolute Gasteiger partial charge is 0.256 e. The first kappa shape index (κ1) is 12.5. The Hall–Kier alpha value is -2.55. The molecule has 0 saturated carbocycles. The van der Waals surface area contributed by atoms with Crippen LogP contribution in [-0.2, 0) is 11.2 Å². The number of fused-ring (bicyclic) bond motifs is 1. The largest absolute Gasteiger partial charge is 0.497 e. The summed E-state index contributed by atoms with van der Waals surface area (Å²) in [6.45, 7) is 0. The Morgan fingerprint density at radius 3 is 2.70 bits per heavy atom. The molecule has 3 rings (SSSR count). The molecule has 0 aromatic heterocycles. The van der Waals surface area contributed by atoms with Crippen molar-refractivity contribution >= 4 is 17.2 Å².